The van der Waals surface area contributed by atoms with Crippen molar-refractivity contribution in [1.82, 2.24) is 14.5 Å². The SMILES string of the molecule is C=C(C)C(C(=O)O[Si](C)(C)C)N1C(=O)C(NC(C)=O)C1SN1C(=O)c2ccccc2C1=O. The average molecular weight is 476 g/mol. The van der Waals surface area contributed by atoms with Crippen LogP contribution < -0.4 is 5.32 Å². The Morgan fingerprint density at radius 2 is 1.62 bits per heavy atom. The lowest BCUT2D eigenvalue weighted by Gasteiger charge is -2.50. The summed E-state index contributed by atoms with van der Waals surface area (Å²) in [4.78, 5) is 64.4. The van der Waals surface area contributed by atoms with Gasteiger partial charge < -0.3 is 14.6 Å². The summed E-state index contributed by atoms with van der Waals surface area (Å²) in [7, 11) is -2.28. The second kappa shape index (κ2) is 8.55. The molecule has 0 saturated carbocycles. The van der Waals surface area contributed by atoms with Crippen molar-refractivity contribution in [3.63, 3.8) is 0 Å². The number of rotatable bonds is 7. The molecule has 32 heavy (non-hydrogen) atoms. The third kappa shape index (κ3) is 4.35. The van der Waals surface area contributed by atoms with Crippen LogP contribution in [0.15, 0.2) is 36.4 Å². The molecule has 3 rings (SSSR count). The minimum atomic E-state index is -2.28. The lowest BCUT2D eigenvalue weighted by Crippen LogP contribution is -2.73. The van der Waals surface area contributed by atoms with E-state index in [0.29, 0.717) is 5.57 Å². The zero-order chi connectivity index (χ0) is 24.0. The van der Waals surface area contributed by atoms with Gasteiger partial charge in [-0.05, 0) is 56.2 Å². The summed E-state index contributed by atoms with van der Waals surface area (Å²) < 4.78 is 6.56. The van der Waals surface area contributed by atoms with E-state index in [9.17, 15) is 24.0 Å². The van der Waals surface area contributed by atoms with Gasteiger partial charge in [0.1, 0.15) is 11.4 Å². The fourth-order valence-corrected chi connectivity index (χ4v) is 5.46. The maximum atomic E-state index is 13.0. The Kier molecular flexibility index (Phi) is 6.34. The Hall–Kier alpha value is -2.92. The van der Waals surface area contributed by atoms with Crippen LogP contribution in [0.2, 0.25) is 19.6 Å². The summed E-state index contributed by atoms with van der Waals surface area (Å²) in [5, 5.41) is 1.66. The molecule has 0 spiro atoms. The molecular weight excluding hydrogens is 450 g/mol. The van der Waals surface area contributed by atoms with E-state index >= 15 is 0 Å². The Morgan fingerprint density at radius 3 is 2.06 bits per heavy atom. The Labute approximate surface area is 191 Å². The maximum absolute atomic E-state index is 13.0. The molecule has 3 atom stereocenters. The zero-order valence-corrected chi connectivity index (χ0v) is 20.3. The minimum absolute atomic E-state index is 0.257. The fourth-order valence-electron chi connectivity index (χ4n) is 3.50. The van der Waals surface area contributed by atoms with Gasteiger partial charge in [-0.15, -0.1) is 0 Å². The van der Waals surface area contributed by atoms with Crippen LogP contribution in [0.1, 0.15) is 34.6 Å². The van der Waals surface area contributed by atoms with Crippen molar-refractivity contribution < 1.29 is 28.4 Å². The van der Waals surface area contributed by atoms with Crippen molar-refractivity contribution in [3.8, 4) is 0 Å². The number of amides is 4. The van der Waals surface area contributed by atoms with E-state index < -0.39 is 55.4 Å². The molecular formula is C21H25N3O6SSi. The van der Waals surface area contributed by atoms with Crippen LogP contribution in [0.4, 0.5) is 0 Å². The third-order valence-electron chi connectivity index (χ3n) is 4.78. The van der Waals surface area contributed by atoms with Crippen molar-refractivity contribution >= 4 is 49.9 Å². The smallest absolute Gasteiger partial charge is 0.319 e. The number of hydrogen-bond donors (Lipinski definition) is 1. The Bertz CT molecular complexity index is 1000. The van der Waals surface area contributed by atoms with Gasteiger partial charge in [0.25, 0.3) is 11.8 Å². The fraction of sp³-hybridized carbons (Fsp3) is 0.381. The van der Waals surface area contributed by atoms with Crippen LogP contribution >= 0.6 is 11.9 Å². The van der Waals surface area contributed by atoms with E-state index in [0.717, 1.165) is 16.3 Å². The van der Waals surface area contributed by atoms with Crippen molar-refractivity contribution in [3.05, 3.63) is 47.5 Å². The molecule has 0 aliphatic carbocycles. The van der Waals surface area contributed by atoms with Crippen molar-refractivity contribution in [1.29, 1.82) is 0 Å². The summed E-state index contributed by atoms with van der Waals surface area (Å²) in [6.45, 7) is 12.2. The molecule has 9 nitrogen and oxygen atoms in total. The summed E-state index contributed by atoms with van der Waals surface area (Å²) >= 11 is 0.797. The van der Waals surface area contributed by atoms with Crippen LogP contribution in [0.5, 0.6) is 0 Å². The first-order chi connectivity index (χ1) is 14.8. The van der Waals surface area contributed by atoms with Gasteiger partial charge in [-0.2, -0.15) is 0 Å². The number of nitrogens with zero attached hydrogens (tertiary/aromatic N) is 2. The minimum Gasteiger partial charge on any atom is -0.518 e. The van der Waals surface area contributed by atoms with Crippen molar-refractivity contribution in [2.45, 2.75) is 50.9 Å². The highest BCUT2D eigenvalue weighted by Crippen LogP contribution is 2.39. The van der Waals surface area contributed by atoms with Gasteiger partial charge in [-0.1, -0.05) is 18.7 Å². The second-order valence-electron chi connectivity index (χ2n) is 8.65. The predicted molar refractivity (Wildman–Crippen MR) is 121 cm³/mol. The first kappa shape index (κ1) is 23.7. The average Bonchev–Trinajstić information content (AvgIpc) is 2.92. The van der Waals surface area contributed by atoms with Crippen LogP contribution in [0.25, 0.3) is 0 Å². The molecule has 1 N–H and O–H groups in total. The molecule has 1 aromatic rings. The van der Waals surface area contributed by atoms with Gasteiger partial charge >= 0.3 is 5.97 Å². The highest BCUT2D eigenvalue weighted by Gasteiger charge is 2.56. The van der Waals surface area contributed by atoms with Gasteiger partial charge in [-0.25, -0.2) is 4.31 Å². The van der Waals surface area contributed by atoms with E-state index in [-0.39, 0.29) is 11.1 Å². The highest BCUT2D eigenvalue weighted by atomic mass is 32.2. The lowest BCUT2D eigenvalue weighted by molar-refractivity contribution is -0.159. The molecule has 2 heterocycles. The standard InChI is InChI=1S/C21H25N3O6SSi/c1-11(2)16(21(29)30-32(4,5)6)23-19(28)15(22-12(3)25)20(23)31-24-17(26)13-9-7-8-10-14(13)18(24)27/h7-10,15-16,20H,1H2,2-6H3,(H,22,25). The largest absolute Gasteiger partial charge is 0.518 e. The molecule has 2 aliphatic rings. The van der Waals surface area contributed by atoms with E-state index in [1.54, 1.807) is 31.2 Å². The topological polar surface area (TPSA) is 113 Å². The molecule has 170 valence electrons. The normalized spacial score (nSPS) is 21.1. The lowest BCUT2D eigenvalue weighted by atomic mass is 9.99. The number of carbonyl (C=O) groups is 5. The first-order valence-electron chi connectivity index (χ1n) is 9.95. The number of β-lactam (4-membered cyclic amide) rings is 1. The maximum Gasteiger partial charge on any atom is 0.319 e. The van der Waals surface area contributed by atoms with E-state index in [4.69, 9.17) is 4.43 Å². The quantitative estimate of drug-likeness (QED) is 0.211. The first-order valence-corrected chi connectivity index (χ1v) is 14.2. The number of hydrogen-bond acceptors (Lipinski definition) is 7. The molecule has 1 aromatic carbocycles. The molecule has 0 radical (unpaired) electrons. The van der Waals surface area contributed by atoms with Crippen molar-refractivity contribution in [2.24, 2.45) is 0 Å². The van der Waals surface area contributed by atoms with Crippen molar-refractivity contribution in [2.75, 3.05) is 0 Å². The van der Waals surface area contributed by atoms with E-state index in [1.165, 1.54) is 11.8 Å². The molecule has 0 bridgehead atoms. The molecule has 11 heteroatoms. The highest BCUT2D eigenvalue weighted by molar-refractivity contribution is 7.98. The number of fused-ring (bicyclic) bond motifs is 1. The van der Waals surface area contributed by atoms with Crippen LogP contribution in [0.3, 0.4) is 0 Å². The number of benzene rings is 1. The number of nitrogens with one attached hydrogen (secondary N) is 1. The molecule has 3 unspecified atom stereocenters. The molecule has 1 saturated heterocycles. The third-order valence-corrected chi connectivity index (χ3v) is 6.86. The Balaban J connectivity index is 1.92. The van der Waals surface area contributed by atoms with Gasteiger partial charge in [0.15, 0.2) is 6.04 Å². The van der Waals surface area contributed by atoms with Gasteiger partial charge in [0, 0.05) is 6.92 Å². The number of imide groups is 1. The van der Waals surface area contributed by atoms with Crippen LogP contribution in [-0.2, 0) is 18.8 Å². The van der Waals surface area contributed by atoms with Gasteiger partial charge in [0.05, 0.1) is 11.1 Å². The second-order valence-corrected chi connectivity index (χ2v) is 14.1. The van der Waals surface area contributed by atoms with Crippen LogP contribution in [-0.4, -0.2) is 64.6 Å². The van der Waals surface area contributed by atoms with E-state index in [1.807, 2.05) is 19.6 Å². The van der Waals surface area contributed by atoms with Crippen LogP contribution in [0, 0.1) is 0 Å². The van der Waals surface area contributed by atoms with Gasteiger partial charge in [-0.3, -0.25) is 24.0 Å². The van der Waals surface area contributed by atoms with E-state index in [2.05, 4.69) is 11.9 Å². The zero-order valence-electron chi connectivity index (χ0n) is 18.5. The number of carbonyl (C=O) groups excluding carboxylic acids is 5. The predicted octanol–water partition coefficient (Wildman–Crippen LogP) is 1.93. The molecule has 0 aromatic heterocycles. The summed E-state index contributed by atoms with van der Waals surface area (Å²) in [6.07, 6.45) is 0. The molecule has 1 fully saturated rings. The molecule has 2 aliphatic heterocycles. The van der Waals surface area contributed by atoms with Gasteiger partial charge in [0.2, 0.25) is 20.1 Å². The summed E-state index contributed by atoms with van der Waals surface area (Å²) in [5.41, 5.74) is 0.886. The Morgan fingerprint density at radius 1 is 1.09 bits per heavy atom. The molecule has 4 amide bonds. The monoisotopic (exact) mass is 475 g/mol. The number of likely N-dealkylation sites (tertiary alicyclic amines) is 1. The summed E-state index contributed by atoms with van der Waals surface area (Å²) in [6, 6.07) is 4.29. The summed E-state index contributed by atoms with van der Waals surface area (Å²) in [5.74, 6) is -2.64.